The van der Waals surface area contributed by atoms with E-state index in [1.807, 2.05) is 38.1 Å². The van der Waals surface area contributed by atoms with Crippen LogP contribution in [0.4, 0.5) is 4.79 Å². The summed E-state index contributed by atoms with van der Waals surface area (Å²) in [7, 11) is 3.35. The van der Waals surface area contributed by atoms with E-state index in [2.05, 4.69) is 10.5 Å². The number of hydrogen-bond donors (Lipinski definition) is 3. The Hall–Kier alpha value is -2.45. The number of carbonyl (C=O) groups is 1. The van der Waals surface area contributed by atoms with E-state index in [0.717, 1.165) is 42.0 Å². The standard InChI is InChI=1S/C15H23N3O2.C5H11NO2/c1-19-12-8-6-11(7-9-12)10-18(17)15-13(16)4-3-5-14(15)20-2;1-4(2)3-8-5(6)7/h6-9,14H,3-5,10,16-17H2,1-2H3;4H,3H2,1-2H3,(H2,6,7). The molecule has 1 unspecified atom stereocenters. The van der Waals surface area contributed by atoms with Crippen molar-refractivity contribution in [1.82, 2.24) is 5.01 Å². The Balaban J connectivity index is 0.000000416. The van der Waals surface area contributed by atoms with Crippen LogP contribution in [0.1, 0.15) is 38.7 Å². The molecule has 6 N–H and O–H groups in total. The first-order chi connectivity index (χ1) is 13.3. The molecule has 1 aliphatic rings. The highest BCUT2D eigenvalue weighted by Gasteiger charge is 2.25. The summed E-state index contributed by atoms with van der Waals surface area (Å²) in [5, 5.41) is 1.70. The molecule has 0 spiro atoms. The number of allylic oxidation sites excluding steroid dienone is 1. The summed E-state index contributed by atoms with van der Waals surface area (Å²) >= 11 is 0. The number of carbonyl (C=O) groups excluding carboxylic acids is 1. The van der Waals surface area contributed by atoms with Crippen molar-refractivity contribution in [2.45, 2.75) is 45.8 Å². The minimum absolute atomic E-state index is 0.00741. The average Bonchev–Trinajstić information content (AvgIpc) is 2.67. The predicted octanol–water partition coefficient (Wildman–Crippen LogP) is 2.48. The summed E-state index contributed by atoms with van der Waals surface area (Å²) in [6, 6.07) is 7.85. The molecule has 0 bridgehead atoms. The Labute approximate surface area is 167 Å². The molecule has 0 heterocycles. The highest BCUT2D eigenvalue weighted by molar-refractivity contribution is 5.64. The van der Waals surface area contributed by atoms with E-state index in [9.17, 15) is 4.79 Å². The maximum Gasteiger partial charge on any atom is 0.404 e. The van der Waals surface area contributed by atoms with Crippen molar-refractivity contribution in [3.8, 4) is 5.75 Å². The van der Waals surface area contributed by atoms with Crippen LogP contribution in [0.15, 0.2) is 35.7 Å². The zero-order valence-corrected chi connectivity index (χ0v) is 17.3. The third kappa shape index (κ3) is 8.06. The van der Waals surface area contributed by atoms with Gasteiger partial charge in [-0.05, 0) is 42.9 Å². The van der Waals surface area contributed by atoms with Crippen LogP contribution in [0.5, 0.6) is 5.75 Å². The van der Waals surface area contributed by atoms with Crippen LogP contribution in [-0.2, 0) is 16.0 Å². The van der Waals surface area contributed by atoms with Gasteiger partial charge in [0.2, 0.25) is 0 Å². The molecule has 2 rings (SSSR count). The van der Waals surface area contributed by atoms with Crippen molar-refractivity contribution in [2.24, 2.45) is 23.2 Å². The molecule has 1 atom stereocenters. The number of methoxy groups -OCH3 is 2. The van der Waals surface area contributed by atoms with Gasteiger partial charge >= 0.3 is 6.09 Å². The van der Waals surface area contributed by atoms with Crippen LogP contribution < -0.4 is 22.0 Å². The molecule has 1 amide bonds. The quantitative estimate of drug-likeness (QED) is 0.479. The molecule has 1 aliphatic carbocycles. The van der Waals surface area contributed by atoms with Crippen molar-refractivity contribution in [1.29, 1.82) is 0 Å². The van der Waals surface area contributed by atoms with Gasteiger partial charge < -0.3 is 30.7 Å². The molecule has 8 heteroatoms. The minimum Gasteiger partial charge on any atom is -0.497 e. The molecule has 28 heavy (non-hydrogen) atoms. The Bertz CT molecular complexity index is 632. The van der Waals surface area contributed by atoms with Crippen molar-refractivity contribution in [2.75, 3.05) is 20.8 Å². The van der Waals surface area contributed by atoms with Gasteiger partial charge in [-0.25, -0.2) is 10.6 Å². The Kier molecular flexibility index (Phi) is 10.2. The number of hydrazine groups is 1. The number of hydrogen-bond acceptors (Lipinski definition) is 7. The van der Waals surface area contributed by atoms with Gasteiger partial charge in [-0.15, -0.1) is 0 Å². The summed E-state index contributed by atoms with van der Waals surface area (Å²) in [4.78, 5) is 9.90. The smallest absolute Gasteiger partial charge is 0.404 e. The average molecular weight is 395 g/mol. The van der Waals surface area contributed by atoms with Crippen LogP contribution in [0.3, 0.4) is 0 Å². The fraction of sp³-hybridized carbons (Fsp3) is 0.550. The number of primary amides is 1. The van der Waals surface area contributed by atoms with E-state index < -0.39 is 6.09 Å². The lowest BCUT2D eigenvalue weighted by atomic mass is 9.98. The number of ether oxygens (including phenoxy) is 3. The zero-order valence-electron chi connectivity index (χ0n) is 17.3. The first-order valence-corrected chi connectivity index (χ1v) is 9.37. The van der Waals surface area contributed by atoms with E-state index in [0.29, 0.717) is 19.1 Å². The lowest BCUT2D eigenvalue weighted by Crippen LogP contribution is -2.40. The number of rotatable bonds is 7. The molecular formula is C20H34N4O4. The second-order valence-electron chi connectivity index (χ2n) is 7.03. The highest BCUT2D eigenvalue weighted by atomic mass is 16.5. The highest BCUT2D eigenvalue weighted by Crippen LogP contribution is 2.26. The first kappa shape index (κ1) is 23.6. The molecule has 0 aromatic heterocycles. The van der Waals surface area contributed by atoms with Gasteiger partial charge in [0.15, 0.2) is 0 Å². The van der Waals surface area contributed by atoms with Gasteiger partial charge in [-0.3, -0.25) is 0 Å². The van der Waals surface area contributed by atoms with Gasteiger partial charge in [0.05, 0.1) is 32.1 Å². The first-order valence-electron chi connectivity index (χ1n) is 9.37. The molecule has 0 radical (unpaired) electrons. The molecular weight excluding hydrogens is 360 g/mol. The summed E-state index contributed by atoms with van der Waals surface area (Å²) in [6.45, 7) is 4.90. The van der Waals surface area contributed by atoms with Crippen molar-refractivity contribution >= 4 is 6.09 Å². The van der Waals surface area contributed by atoms with E-state index >= 15 is 0 Å². The normalized spacial score (nSPS) is 16.3. The molecule has 0 saturated carbocycles. The number of benzene rings is 1. The van der Waals surface area contributed by atoms with Crippen LogP contribution >= 0.6 is 0 Å². The van der Waals surface area contributed by atoms with Gasteiger partial charge in [0, 0.05) is 12.8 Å². The van der Waals surface area contributed by atoms with Gasteiger partial charge in [0.1, 0.15) is 5.75 Å². The summed E-state index contributed by atoms with van der Waals surface area (Å²) in [6.07, 6.45) is 2.18. The molecule has 0 fully saturated rings. The maximum absolute atomic E-state index is 9.90. The topological polar surface area (TPSA) is 126 Å². The summed E-state index contributed by atoms with van der Waals surface area (Å²) < 4.78 is 15.1. The second-order valence-corrected chi connectivity index (χ2v) is 7.03. The lowest BCUT2D eigenvalue weighted by molar-refractivity contribution is 0.0834. The number of nitrogens with two attached hydrogens (primary N) is 3. The van der Waals surface area contributed by atoms with Crippen molar-refractivity contribution in [3.63, 3.8) is 0 Å². The summed E-state index contributed by atoms with van der Waals surface area (Å²) in [5.41, 5.74) is 13.6. The fourth-order valence-corrected chi connectivity index (χ4v) is 2.81. The monoisotopic (exact) mass is 394 g/mol. The van der Waals surface area contributed by atoms with Crippen molar-refractivity contribution < 1.29 is 19.0 Å². The molecule has 0 aliphatic heterocycles. The maximum atomic E-state index is 9.90. The lowest BCUT2D eigenvalue weighted by Gasteiger charge is -2.32. The molecule has 158 valence electrons. The van der Waals surface area contributed by atoms with E-state index in [4.69, 9.17) is 21.1 Å². The Morgan fingerprint density at radius 1 is 1.25 bits per heavy atom. The third-order valence-electron chi connectivity index (χ3n) is 4.21. The number of nitrogens with zero attached hydrogens (tertiary/aromatic N) is 1. The van der Waals surface area contributed by atoms with Crippen LogP contribution in [0.2, 0.25) is 0 Å². The summed E-state index contributed by atoms with van der Waals surface area (Å²) in [5.74, 6) is 7.39. The van der Waals surface area contributed by atoms with Crippen LogP contribution in [0.25, 0.3) is 0 Å². The molecule has 8 nitrogen and oxygen atoms in total. The second kappa shape index (κ2) is 12.1. The van der Waals surface area contributed by atoms with Gasteiger partial charge in [-0.2, -0.15) is 0 Å². The third-order valence-corrected chi connectivity index (χ3v) is 4.21. The molecule has 0 saturated heterocycles. The largest absolute Gasteiger partial charge is 0.497 e. The van der Waals surface area contributed by atoms with Crippen molar-refractivity contribution in [3.05, 3.63) is 41.2 Å². The molecule has 1 aromatic rings. The SMILES string of the molecule is CC(C)COC(N)=O.COc1ccc(CN(N)C2=C(N)CCCC2OC)cc1. The van der Waals surface area contributed by atoms with Crippen LogP contribution in [-0.4, -0.2) is 38.0 Å². The van der Waals surface area contributed by atoms with Gasteiger partial charge in [0.25, 0.3) is 0 Å². The van der Waals surface area contributed by atoms with E-state index in [-0.39, 0.29) is 6.10 Å². The van der Waals surface area contributed by atoms with Gasteiger partial charge in [-0.1, -0.05) is 26.0 Å². The Morgan fingerprint density at radius 3 is 2.36 bits per heavy atom. The van der Waals surface area contributed by atoms with E-state index in [1.54, 1.807) is 19.2 Å². The van der Waals surface area contributed by atoms with E-state index in [1.165, 1.54) is 0 Å². The number of amides is 1. The Morgan fingerprint density at radius 2 is 1.89 bits per heavy atom. The fourth-order valence-electron chi connectivity index (χ4n) is 2.81. The van der Waals surface area contributed by atoms with Crippen LogP contribution in [0, 0.1) is 5.92 Å². The zero-order chi connectivity index (χ0) is 21.1. The predicted molar refractivity (Wildman–Crippen MR) is 109 cm³/mol. The molecule has 1 aromatic carbocycles. The minimum atomic E-state index is -0.696.